The summed E-state index contributed by atoms with van der Waals surface area (Å²) in [4.78, 5) is 0. The van der Waals surface area contributed by atoms with Gasteiger partial charge >= 0.3 is 0 Å². The van der Waals surface area contributed by atoms with E-state index in [1.54, 1.807) is 0 Å². The summed E-state index contributed by atoms with van der Waals surface area (Å²) in [7, 11) is 0. The molecular formula is C71H50N2. The molecular weight excluding hydrogens is 881 g/mol. The van der Waals surface area contributed by atoms with E-state index in [4.69, 9.17) is 0 Å². The molecule has 0 bridgehead atoms. The lowest BCUT2D eigenvalue weighted by atomic mass is 9.81. The lowest BCUT2D eigenvalue weighted by molar-refractivity contribution is 0.661. The zero-order valence-electron chi connectivity index (χ0n) is 40.8. The normalized spacial score (nSPS) is 12.8. The quantitative estimate of drug-likeness (QED) is 0.134. The van der Waals surface area contributed by atoms with Gasteiger partial charge in [0.15, 0.2) is 0 Å². The van der Waals surface area contributed by atoms with E-state index in [1.807, 2.05) is 0 Å². The molecule has 13 aromatic rings. The Bertz CT molecular complexity index is 4280. The highest BCUT2D eigenvalue weighted by Crippen LogP contribution is 2.51. The summed E-state index contributed by atoms with van der Waals surface area (Å²) < 4.78 is 4.77. The Labute approximate surface area is 426 Å². The second kappa shape index (κ2) is 17.0. The van der Waals surface area contributed by atoms with Crippen molar-refractivity contribution in [2.24, 2.45) is 0 Å². The molecule has 2 nitrogen and oxygen atoms in total. The Hall–Kier alpha value is -9.24. The minimum atomic E-state index is -0.156. The molecule has 0 saturated carbocycles. The van der Waals surface area contributed by atoms with Crippen LogP contribution in [0.2, 0.25) is 0 Å². The van der Waals surface area contributed by atoms with Crippen molar-refractivity contribution < 1.29 is 0 Å². The molecule has 73 heavy (non-hydrogen) atoms. The molecule has 0 N–H and O–H groups in total. The standard InChI is InChI=1S/C71H50N2/c1-71(2)65-45-55(52-29-25-48(26-30-52)22-21-47-23-27-51(28-24-47)53-35-41-69-63(43-53)61-17-9-11-19-67(61)72(69)57-15-7-4-8-16-57)33-39-59(65)60-40-34-56(46-66(60)71)54-36-42-70-64(44-54)62-18-10-12-20-68(62)73(70)58-37-31-50(32-38-58)49-13-5-3-6-14-49/h3-46H,1-2H3. The molecule has 344 valence electrons. The number of para-hydroxylation sites is 3. The number of aromatic nitrogens is 2. The summed E-state index contributed by atoms with van der Waals surface area (Å²) >= 11 is 0. The van der Waals surface area contributed by atoms with Gasteiger partial charge in [-0.3, -0.25) is 0 Å². The maximum absolute atomic E-state index is 2.44. The van der Waals surface area contributed by atoms with Crippen LogP contribution in [0.5, 0.6) is 0 Å². The van der Waals surface area contributed by atoms with Gasteiger partial charge in [-0.25, -0.2) is 0 Å². The van der Waals surface area contributed by atoms with Gasteiger partial charge in [-0.05, 0) is 151 Å². The average Bonchev–Trinajstić information content (AvgIpc) is 4.05. The molecule has 1 aliphatic carbocycles. The van der Waals surface area contributed by atoms with Crippen LogP contribution in [0, 0.1) is 0 Å². The van der Waals surface area contributed by atoms with Crippen LogP contribution >= 0.6 is 0 Å². The summed E-state index contributed by atoms with van der Waals surface area (Å²) in [6, 6.07) is 93.6. The van der Waals surface area contributed by atoms with Gasteiger partial charge in [0, 0.05) is 38.3 Å². The minimum Gasteiger partial charge on any atom is -0.309 e. The molecule has 14 rings (SSSR count). The first kappa shape index (κ1) is 42.6. The monoisotopic (exact) mass is 930 g/mol. The van der Waals surface area contributed by atoms with Crippen molar-refractivity contribution in [2.45, 2.75) is 19.3 Å². The molecule has 0 amide bonds. The van der Waals surface area contributed by atoms with Gasteiger partial charge in [0.1, 0.15) is 0 Å². The van der Waals surface area contributed by atoms with Gasteiger partial charge in [0.05, 0.1) is 22.1 Å². The third-order valence-electron chi connectivity index (χ3n) is 15.6. The number of nitrogens with zero attached hydrogens (tertiary/aromatic N) is 2. The topological polar surface area (TPSA) is 9.86 Å². The smallest absolute Gasteiger partial charge is 0.0541 e. The fourth-order valence-corrected chi connectivity index (χ4v) is 11.7. The second-order valence-corrected chi connectivity index (χ2v) is 20.1. The van der Waals surface area contributed by atoms with Crippen molar-refractivity contribution in [1.82, 2.24) is 9.13 Å². The van der Waals surface area contributed by atoms with Gasteiger partial charge in [-0.1, -0.05) is 208 Å². The molecule has 2 aromatic heterocycles. The fourth-order valence-electron chi connectivity index (χ4n) is 11.7. The van der Waals surface area contributed by atoms with Crippen molar-refractivity contribution in [3.05, 3.63) is 277 Å². The maximum Gasteiger partial charge on any atom is 0.0541 e. The maximum atomic E-state index is 2.44. The number of rotatable bonds is 8. The Balaban J connectivity index is 0.698. The van der Waals surface area contributed by atoms with Crippen LogP contribution in [0.25, 0.3) is 123 Å². The number of hydrogen-bond donors (Lipinski definition) is 0. The Morgan fingerprint density at radius 2 is 0.616 bits per heavy atom. The first-order valence-electron chi connectivity index (χ1n) is 25.4. The molecule has 0 aliphatic heterocycles. The number of benzene rings is 11. The molecule has 0 spiro atoms. The number of fused-ring (bicyclic) bond motifs is 9. The van der Waals surface area contributed by atoms with Crippen molar-refractivity contribution in [1.29, 1.82) is 0 Å². The van der Waals surface area contributed by atoms with Crippen molar-refractivity contribution in [3.8, 4) is 67.0 Å². The van der Waals surface area contributed by atoms with Gasteiger partial charge in [-0.15, -0.1) is 0 Å². The van der Waals surface area contributed by atoms with Crippen LogP contribution < -0.4 is 0 Å². The van der Waals surface area contributed by atoms with Crippen LogP contribution in [0.3, 0.4) is 0 Å². The summed E-state index contributed by atoms with van der Waals surface area (Å²) in [5.41, 5.74) is 24.6. The Kier molecular flexibility index (Phi) is 9.91. The third-order valence-corrected chi connectivity index (χ3v) is 15.6. The highest BCUT2D eigenvalue weighted by molar-refractivity contribution is 6.11. The first-order valence-corrected chi connectivity index (χ1v) is 25.4. The highest BCUT2D eigenvalue weighted by atomic mass is 15.0. The van der Waals surface area contributed by atoms with E-state index < -0.39 is 0 Å². The van der Waals surface area contributed by atoms with Crippen molar-refractivity contribution in [3.63, 3.8) is 0 Å². The molecule has 1 aliphatic rings. The lowest BCUT2D eigenvalue weighted by Crippen LogP contribution is -2.15. The summed E-state index contributed by atoms with van der Waals surface area (Å²) in [6.07, 6.45) is 4.42. The fraction of sp³-hybridized carbons (Fsp3) is 0.0423. The predicted molar refractivity (Wildman–Crippen MR) is 310 cm³/mol. The largest absolute Gasteiger partial charge is 0.309 e. The van der Waals surface area contributed by atoms with Crippen LogP contribution in [-0.4, -0.2) is 9.13 Å². The first-order chi connectivity index (χ1) is 35.9. The van der Waals surface area contributed by atoms with Crippen LogP contribution in [0.1, 0.15) is 36.1 Å². The zero-order valence-corrected chi connectivity index (χ0v) is 40.8. The summed E-state index contributed by atoms with van der Waals surface area (Å²) in [5.74, 6) is 0. The van der Waals surface area contributed by atoms with E-state index in [9.17, 15) is 0 Å². The van der Waals surface area contributed by atoms with E-state index in [1.165, 1.54) is 127 Å². The van der Waals surface area contributed by atoms with Crippen LogP contribution in [-0.2, 0) is 5.41 Å². The number of hydrogen-bond acceptors (Lipinski definition) is 0. The summed E-state index contributed by atoms with van der Waals surface area (Å²) in [5, 5.41) is 5.05. The van der Waals surface area contributed by atoms with Crippen LogP contribution in [0.4, 0.5) is 0 Å². The molecule has 11 aromatic carbocycles. The van der Waals surface area contributed by atoms with E-state index in [0.29, 0.717) is 0 Å². The second-order valence-electron chi connectivity index (χ2n) is 20.1. The Morgan fingerprint density at radius 1 is 0.274 bits per heavy atom. The van der Waals surface area contributed by atoms with Crippen molar-refractivity contribution >= 4 is 55.8 Å². The van der Waals surface area contributed by atoms with E-state index >= 15 is 0 Å². The highest BCUT2D eigenvalue weighted by Gasteiger charge is 2.36. The van der Waals surface area contributed by atoms with E-state index in [2.05, 4.69) is 290 Å². The van der Waals surface area contributed by atoms with Crippen LogP contribution in [0.15, 0.2) is 255 Å². The average molecular weight is 931 g/mol. The molecule has 0 radical (unpaired) electrons. The zero-order chi connectivity index (χ0) is 48.6. The molecule has 2 heterocycles. The van der Waals surface area contributed by atoms with E-state index in [-0.39, 0.29) is 5.41 Å². The minimum absolute atomic E-state index is 0.156. The molecule has 0 saturated heterocycles. The summed E-state index contributed by atoms with van der Waals surface area (Å²) in [6.45, 7) is 4.77. The Morgan fingerprint density at radius 3 is 1.14 bits per heavy atom. The van der Waals surface area contributed by atoms with Gasteiger partial charge in [0.25, 0.3) is 0 Å². The van der Waals surface area contributed by atoms with Gasteiger partial charge < -0.3 is 9.13 Å². The van der Waals surface area contributed by atoms with E-state index in [0.717, 1.165) is 5.69 Å². The molecule has 2 heteroatoms. The molecule has 0 fully saturated rings. The molecule has 0 atom stereocenters. The molecule has 0 unspecified atom stereocenters. The predicted octanol–water partition coefficient (Wildman–Crippen LogP) is 19.0. The third kappa shape index (κ3) is 7.17. The van der Waals surface area contributed by atoms with Gasteiger partial charge in [0.2, 0.25) is 0 Å². The van der Waals surface area contributed by atoms with Gasteiger partial charge in [-0.2, -0.15) is 0 Å². The van der Waals surface area contributed by atoms with Crippen molar-refractivity contribution in [2.75, 3.05) is 0 Å². The SMILES string of the molecule is CC1(C)c2cc(-c3ccc(C=Cc4ccc(-c5ccc6c(c5)c5ccccc5n6-c5ccccc5)cc4)cc3)ccc2-c2ccc(-c3ccc4c(c3)c3ccccc3n4-c3ccc(-c4ccccc4)cc3)cc21. The lowest BCUT2D eigenvalue weighted by Gasteiger charge is -2.22.